The van der Waals surface area contributed by atoms with Crippen molar-refractivity contribution in [2.24, 2.45) is 5.92 Å². The summed E-state index contributed by atoms with van der Waals surface area (Å²) in [7, 11) is 0. The molecule has 1 aromatic carbocycles. The molecule has 1 aliphatic carbocycles. The number of hydrogen-bond donors (Lipinski definition) is 2. The first-order valence-electron chi connectivity index (χ1n) is 8.52. The number of non-ortho nitro benzene ring substituents is 1. The van der Waals surface area contributed by atoms with Gasteiger partial charge >= 0.3 is 0 Å². The highest BCUT2D eigenvalue weighted by Gasteiger charge is 2.37. The molecule has 6 heteroatoms. The Morgan fingerprint density at radius 3 is 2.61 bits per heavy atom. The predicted octanol–water partition coefficient (Wildman–Crippen LogP) is 1.77. The van der Waals surface area contributed by atoms with Gasteiger partial charge in [-0.2, -0.15) is 0 Å². The van der Waals surface area contributed by atoms with E-state index in [-0.39, 0.29) is 11.6 Å². The van der Waals surface area contributed by atoms with E-state index < -0.39 is 4.92 Å². The highest BCUT2D eigenvalue weighted by atomic mass is 16.6. The quantitative estimate of drug-likeness (QED) is 0.656. The van der Waals surface area contributed by atoms with Gasteiger partial charge in [-0.25, -0.2) is 0 Å². The van der Waals surface area contributed by atoms with Gasteiger partial charge in [-0.1, -0.05) is 6.42 Å². The molecule has 1 aromatic rings. The van der Waals surface area contributed by atoms with Gasteiger partial charge in [0.25, 0.3) is 11.6 Å². The van der Waals surface area contributed by atoms with Crippen LogP contribution in [-0.4, -0.2) is 30.0 Å². The Morgan fingerprint density at radius 2 is 1.87 bits per heavy atom. The van der Waals surface area contributed by atoms with Crippen LogP contribution >= 0.6 is 0 Å². The van der Waals surface area contributed by atoms with Crippen molar-refractivity contribution in [1.82, 2.24) is 0 Å². The van der Waals surface area contributed by atoms with Crippen LogP contribution in [0.15, 0.2) is 24.3 Å². The summed E-state index contributed by atoms with van der Waals surface area (Å²) in [5.41, 5.74) is 0.659. The highest BCUT2D eigenvalue weighted by molar-refractivity contribution is 5.91. The molecule has 1 aliphatic heterocycles. The topological polar surface area (TPSA) is 76.7 Å². The summed E-state index contributed by atoms with van der Waals surface area (Å²) < 4.78 is 0. The van der Waals surface area contributed by atoms with E-state index in [0.717, 1.165) is 12.5 Å². The molecule has 6 nitrogen and oxygen atoms in total. The number of fused-ring (bicyclic) bond motifs is 1. The molecule has 23 heavy (non-hydrogen) atoms. The van der Waals surface area contributed by atoms with Crippen LogP contribution in [-0.2, 0) is 4.79 Å². The Kier molecular flexibility index (Phi) is 4.91. The minimum absolute atomic E-state index is 0.0000709. The van der Waals surface area contributed by atoms with Gasteiger partial charge < -0.3 is 10.2 Å². The maximum absolute atomic E-state index is 12.3. The van der Waals surface area contributed by atoms with Crippen LogP contribution < -0.4 is 10.2 Å². The number of anilines is 1. The summed E-state index contributed by atoms with van der Waals surface area (Å²) in [4.78, 5) is 23.9. The number of nitro groups is 1. The number of piperidine rings is 1. The third-order valence-electron chi connectivity index (χ3n) is 5.26. The van der Waals surface area contributed by atoms with E-state index in [1.54, 1.807) is 12.1 Å². The summed E-state index contributed by atoms with van der Waals surface area (Å²) in [6.45, 7) is 1.58. The van der Waals surface area contributed by atoms with Crippen LogP contribution in [0, 0.1) is 16.0 Å². The Labute approximate surface area is 136 Å². The second-order valence-corrected chi connectivity index (χ2v) is 6.73. The lowest BCUT2D eigenvalue weighted by atomic mass is 9.78. The van der Waals surface area contributed by atoms with Crippen molar-refractivity contribution in [2.45, 2.75) is 44.6 Å². The number of nitro benzene ring substituents is 1. The minimum atomic E-state index is -0.438. The predicted molar refractivity (Wildman–Crippen MR) is 87.4 cm³/mol. The first-order valence-corrected chi connectivity index (χ1v) is 8.52. The van der Waals surface area contributed by atoms with Crippen LogP contribution in [0.5, 0.6) is 0 Å². The smallest absolute Gasteiger partial charge is 0.279 e. The number of nitrogens with zero attached hydrogens (tertiary/aromatic N) is 1. The number of hydrogen-bond acceptors (Lipinski definition) is 3. The van der Waals surface area contributed by atoms with Crippen molar-refractivity contribution in [3.63, 3.8) is 0 Å². The average Bonchev–Trinajstić information content (AvgIpc) is 2.55. The Morgan fingerprint density at radius 1 is 1.17 bits per heavy atom. The van der Waals surface area contributed by atoms with Crippen LogP contribution in [0.1, 0.15) is 38.5 Å². The molecular weight excluding hydrogens is 294 g/mol. The molecule has 2 aliphatic rings. The summed E-state index contributed by atoms with van der Waals surface area (Å²) in [6.07, 6.45) is 7.71. The minimum Gasteiger partial charge on any atom is -0.324 e. The highest BCUT2D eigenvalue weighted by Crippen LogP contribution is 2.28. The molecule has 2 fully saturated rings. The van der Waals surface area contributed by atoms with Crippen LogP contribution in [0.4, 0.5) is 11.4 Å². The third kappa shape index (κ3) is 3.88. The number of carbonyl (C=O) groups is 1. The van der Waals surface area contributed by atoms with E-state index in [4.69, 9.17) is 0 Å². The maximum atomic E-state index is 12.3. The Hall–Kier alpha value is -1.95. The number of likely N-dealkylation sites (tertiary alicyclic amines) is 1. The van der Waals surface area contributed by atoms with E-state index in [1.807, 2.05) is 0 Å². The summed E-state index contributed by atoms with van der Waals surface area (Å²) >= 11 is 0. The standard InChI is InChI=1S/C17H23N3O3/c21-17(18-14-7-9-15(10-8-14)20(22)23)12-19-11-3-5-13-4-1-2-6-16(13)19/h7-10,13,16H,1-6,11-12H2,(H,18,21)/p+1/t13-,16-/m0/s1. The SMILES string of the molecule is O=C(C[NH+]1CCC[C@@H]2CCCC[C@@H]21)Nc1ccc([N+](=O)[O-])cc1. The molecule has 0 bridgehead atoms. The van der Waals surface area contributed by atoms with E-state index >= 15 is 0 Å². The fraction of sp³-hybridized carbons (Fsp3) is 0.588. The molecule has 1 saturated heterocycles. The van der Waals surface area contributed by atoms with Gasteiger partial charge in [0.2, 0.25) is 0 Å². The van der Waals surface area contributed by atoms with E-state index in [1.165, 1.54) is 55.6 Å². The van der Waals surface area contributed by atoms with Crippen molar-refractivity contribution in [1.29, 1.82) is 0 Å². The lowest BCUT2D eigenvalue weighted by molar-refractivity contribution is -0.928. The number of nitrogens with one attached hydrogen (secondary N) is 2. The molecular formula is C17H24N3O3+. The molecule has 2 N–H and O–H groups in total. The lowest BCUT2D eigenvalue weighted by Gasteiger charge is -2.40. The molecule has 0 radical (unpaired) electrons. The van der Waals surface area contributed by atoms with E-state index in [2.05, 4.69) is 5.32 Å². The lowest BCUT2D eigenvalue weighted by Crippen LogP contribution is -3.18. The zero-order valence-electron chi connectivity index (χ0n) is 13.3. The van der Waals surface area contributed by atoms with Gasteiger partial charge in [-0.05, 0) is 44.2 Å². The van der Waals surface area contributed by atoms with Crippen LogP contribution in [0.3, 0.4) is 0 Å². The fourth-order valence-electron chi connectivity index (χ4n) is 4.16. The van der Waals surface area contributed by atoms with Gasteiger partial charge in [0.1, 0.15) is 0 Å². The zero-order valence-corrected chi connectivity index (χ0v) is 13.3. The van der Waals surface area contributed by atoms with E-state index in [9.17, 15) is 14.9 Å². The molecule has 1 heterocycles. The number of amides is 1. The van der Waals surface area contributed by atoms with Crippen molar-refractivity contribution >= 4 is 17.3 Å². The second kappa shape index (κ2) is 7.08. The molecule has 3 rings (SSSR count). The molecule has 0 aromatic heterocycles. The van der Waals surface area contributed by atoms with Gasteiger partial charge in [-0.15, -0.1) is 0 Å². The first kappa shape index (κ1) is 15.9. The Balaban J connectivity index is 1.57. The largest absolute Gasteiger partial charge is 0.324 e. The van der Waals surface area contributed by atoms with Crippen LogP contribution in [0.25, 0.3) is 0 Å². The summed E-state index contributed by atoms with van der Waals surface area (Å²) in [5.74, 6) is 0.791. The molecule has 3 atom stereocenters. The van der Waals surface area contributed by atoms with E-state index in [0.29, 0.717) is 18.3 Å². The summed E-state index contributed by atoms with van der Waals surface area (Å²) in [6, 6.07) is 6.65. The fourth-order valence-corrected chi connectivity index (χ4v) is 4.16. The van der Waals surface area contributed by atoms with Gasteiger partial charge in [0.05, 0.1) is 17.5 Å². The number of carbonyl (C=O) groups excluding carboxylic acids is 1. The zero-order chi connectivity index (χ0) is 16.2. The molecule has 1 unspecified atom stereocenters. The molecule has 1 saturated carbocycles. The van der Waals surface area contributed by atoms with Crippen molar-refractivity contribution in [3.05, 3.63) is 34.4 Å². The van der Waals surface area contributed by atoms with Crippen molar-refractivity contribution in [2.75, 3.05) is 18.4 Å². The molecule has 1 amide bonds. The number of benzene rings is 1. The second-order valence-electron chi connectivity index (χ2n) is 6.73. The normalized spacial score (nSPS) is 27.0. The van der Waals surface area contributed by atoms with Crippen molar-refractivity contribution in [3.8, 4) is 0 Å². The van der Waals surface area contributed by atoms with Gasteiger partial charge in [0.15, 0.2) is 6.54 Å². The molecule has 124 valence electrons. The molecule has 0 spiro atoms. The average molecular weight is 318 g/mol. The summed E-state index contributed by atoms with van der Waals surface area (Å²) in [5, 5.41) is 13.5. The van der Waals surface area contributed by atoms with Crippen LogP contribution in [0.2, 0.25) is 0 Å². The first-order chi connectivity index (χ1) is 11.1. The van der Waals surface area contributed by atoms with Crippen molar-refractivity contribution < 1.29 is 14.6 Å². The number of quaternary nitrogens is 1. The Bertz CT molecular complexity index is 571. The van der Waals surface area contributed by atoms with Gasteiger partial charge in [0, 0.05) is 23.7 Å². The maximum Gasteiger partial charge on any atom is 0.279 e. The third-order valence-corrected chi connectivity index (χ3v) is 5.26. The monoisotopic (exact) mass is 318 g/mol. The number of rotatable bonds is 4. The van der Waals surface area contributed by atoms with Gasteiger partial charge in [-0.3, -0.25) is 14.9 Å².